The maximum atomic E-state index is 10.5. The minimum atomic E-state index is -1.43. The Morgan fingerprint density at radius 3 is 2.15 bits per heavy atom. The monoisotopic (exact) mass is 210 g/mol. The van der Waals surface area contributed by atoms with E-state index in [-0.39, 0.29) is 29.6 Å². The Labute approximate surface area is 100 Å². The molecule has 0 saturated carbocycles. The Morgan fingerprint density at radius 2 is 1.85 bits per heavy atom. The number of thiophene rings is 1. The fourth-order valence-corrected chi connectivity index (χ4v) is 1.52. The molecule has 13 heavy (non-hydrogen) atoms. The van der Waals surface area contributed by atoms with Crippen LogP contribution in [0.3, 0.4) is 0 Å². The Balaban J connectivity index is 0.00000144. The second kappa shape index (κ2) is 5.39. The second-order valence-corrected chi connectivity index (χ2v) is 2.95. The molecule has 1 aromatic heterocycles. The zero-order valence-electron chi connectivity index (χ0n) is 5.93. The maximum absolute atomic E-state index is 10.5. The van der Waals surface area contributed by atoms with Gasteiger partial charge in [-0.15, -0.1) is 0 Å². The Hall–Kier alpha value is -0.360. The topological polar surface area (TPSA) is 74.6 Å². The first-order chi connectivity index (χ1) is 5.63. The van der Waals surface area contributed by atoms with Gasteiger partial charge in [0.25, 0.3) is 0 Å². The van der Waals surface area contributed by atoms with Gasteiger partial charge in [-0.3, -0.25) is 9.59 Å². The normalized spacial score (nSPS) is 9.31. The summed E-state index contributed by atoms with van der Waals surface area (Å²) in [5, 5.41) is 20.2. The molecule has 0 radical (unpaired) electrons. The first-order valence-electron chi connectivity index (χ1n) is 3.10. The molecule has 0 aliphatic carbocycles. The van der Waals surface area contributed by atoms with Crippen LogP contribution in [-0.2, 0) is 9.59 Å². The third kappa shape index (κ3) is 3.11. The number of carbonyl (C=O) groups is 2. The molecule has 0 aliphatic heterocycles. The SMILES string of the molecule is O=C(O)C(C(=O)O)c1ccsc1.[NaH]. The van der Waals surface area contributed by atoms with Crippen molar-refractivity contribution >= 4 is 52.8 Å². The van der Waals surface area contributed by atoms with Gasteiger partial charge in [0.15, 0.2) is 5.92 Å². The number of hydrogen-bond donors (Lipinski definition) is 2. The van der Waals surface area contributed by atoms with Crippen LogP contribution in [0.2, 0.25) is 0 Å². The number of carboxylic acid groups (broad SMARTS) is 2. The van der Waals surface area contributed by atoms with Gasteiger partial charge in [-0.2, -0.15) is 11.3 Å². The van der Waals surface area contributed by atoms with Gasteiger partial charge in [0.1, 0.15) is 0 Å². The number of aliphatic carboxylic acids is 2. The second-order valence-electron chi connectivity index (χ2n) is 2.17. The first-order valence-corrected chi connectivity index (χ1v) is 4.05. The molecular weight excluding hydrogens is 203 g/mol. The third-order valence-electron chi connectivity index (χ3n) is 1.37. The summed E-state index contributed by atoms with van der Waals surface area (Å²) < 4.78 is 0. The Morgan fingerprint density at radius 1 is 1.31 bits per heavy atom. The molecule has 4 nitrogen and oxygen atoms in total. The summed E-state index contributed by atoms with van der Waals surface area (Å²) in [5.74, 6) is -4.10. The van der Waals surface area contributed by atoms with Gasteiger partial charge >= 0.3 is 41.5 Å². The van der Waals surface area contributed by atoms with Crippen molar-refractivity contribution in [2.45, 2.75) is 5.92 Å². The summed E-state index contributed by atoms with van der Waals surface area (Å²) in [6, 6.07) is 1.50. The van der Waals surface area contributed by atoms with Crippen molar-refractivity contribution in [3.63, 3.8) is 0 Å². The van der Waals surface area contributed by atoms with Crippen LogP contribution in [0.1, 0.15) is 11.5 Å². The van der Waals surface area contributed by atoms with E-state index in [1.165, 1.54) is 22.8 Å². The van der Waals surface area contributed by atoms with Crippen molar-refractivity contribution in [1.82, 2.24) is 0 Å². The molecule has 2 N–H and O–H groups in total. The van der Waals surface area contributed by atoms with Crippen LogP contribution < -0.4 is 0 Å². The fourth-order valence-electron chi connectivity index (χ4n) is 0.830. The molecule has 0 atom stereocenters. The van der Waals surface area contributed by atoms with E-state index in [2.05, 4.69) is 0 Å². The Kier molecular flexibility index (Phi) is 5.24. The van der Waals surface area contributed by atoms with Crippen molar-refractivity contribution in [3.05, 3.63) is 22.4 Å². The molecule has 66 valence electrons. The van der Waals surface area contributed by atoms with Crippen LogP contribution in [0.15, 0.2) is 16.8 Å². The molecule has 0 bridgehead atoms. The molecule has 1 heterocycles. The molecular formula is C7H7NaO4S. The molecule has 0 fully saturated rings. The van der Waals surface area contributed by atoms with Gasteiger partial charge in [-0.25, -0.2) is 0 Å². The molecule has 0 aliphatic rings. The first kappa shape index (κ1) is 12.6. The van der Waals surface area contributed by atoms with Gasteiger partial charge in [-0.05, 0) is 22.4 Å². The average molecular weight is 210 g/mol. The summed E-state index contributed by atoms with van der Waals surface area (Å²) in [5.41, 5.74) is 0.319. The number of hydrogen-bond acceptors (Lipinski definition) is 3. The van der Waals surface area contributed by atoms with Gasteiger partial charge in [0.05, 0.1) is 0 Å². The van der Waals surface area contributed by atoms with Crippen LogP contribution in [0.5, 0.6) is 0 Å². The zero-order valence-corrected chi connectivity index (χ0v) is 6.75. The number of carboxylic acids is 2. The minimum absolute atomic E-state index is 0. The molecule has 1 aromatic rings. The molecule has 6 heteroatoms. The fraction of sp³-hybridized carbons (Fsp3) is 0.143. The predicted molar refractivity (Wildman–Crippen MR) is 49.5 cm³/mol. The Bertz CT molecular complexity index is 281. The molecule has 0 saturated heterocycles. The van der Waals surface area contributed by atoms with E-state index in [0.29, 0.717) is 5.56 Å². The summed E-state index contributed by atoms with van der Waals surface area (Å²) in [6.45, 7) is 0. The molecule has 0 aromatic carbocycles. The van der Waals surface area contributed by atoms with E-state index in [9.17, 15) is 9.59 Å². The average Bonchev–Trinajstić information content (AvgIpc) is 2.37. The van der Waals surface area contributed by atoms with E-state index in [0.717, 1.165) is 0 Å². The molecule has 0 spiro atoms. The van der Waals surface area contributed by atoms with E-state index in [1.807, 2.05) is 0 Å². The van der Waals surface area contributed by atoms with Crippen LogP contribution in [-0.4, -0.2) is 51.7 Å². The van der Waals surface area contributed by atoms with Crippen molar-refractivity contribution < 1.29 is 19.8 Å². The van der Waals surface area contributed by atoms with Crippen molar-refractivity contribution in [3.8, 4) is 0 Å². The van der Waals surface area contributed by atoms with Crippen molar-refractivity contribution in [1.29, 1.82) is 0 Å². The third-order valence-corrected chi connectivity index (χ3v) is 2.07. The summed E-state index contributed by atoms with van der Waals surface area (Å²) in [6.07, 6.45) is 0. The van der Waals surface area contributed by atoms with Crippen LogP contribution in [0, 0.1) is 0 Å². The van der Waals surface area contributed by atoms with Crippen molar-refractivity contribution in [2.75, 3.05) is 0 Å². The van der Waals surface area contributed by atoms with E-state index in [1.54, 1.807) is 5.38 Å². The van der Waals surface area contributed by atoms with Crippen LogP contribution in [0.25, 0.3) is 0 Å². The molecule has 0 amide bonds. The van der Waals surface area contributed by atoms with E-state index < -0.39 is 17.9 Å². The number of rotatable bonds is 3. The van der Waals surface area contributed by atoms with Crippen molar-refractivity contribution in [2.24, 2.45) is 0 Å². The van der Waals surface area contributed by atoms with Crippen LogP contribution >= 0.6 is 11.3 Å². The molecule has 1 rings (SSSR count). The zero-order chi connectivity index (χ0) is 9.14. The summed E-state index contributed by atoms with van der Waals surface area (Å²) in [4.78, 5) is 20.9. The van der Waals surface area contributed by atoms with Crippen LogP contribution in [0.4, 0.5) is 0 Å². The molecule has 0 unspecified atom stereocenters. The van der Waals surface area contributed by atoms with Gasteiger partial charge in [0, 0.05) is 0 Å². The standard InChI is InChI=1S/C7H6O4S.Na.H/c8-6(9)5(7(10)11)4-1-2-12-3-4;;/h1-3,5H,(H,8,9)(H,10,11);;. The predicted octanol–water partition coefficient (Wildman–Crippen LogP) is 0.352. The van der Waals surface area contributed by atoms with Gasteiger partial charge in [0.2, 0.25) is 0 Å². The summed E-state index contributed by atoms with van der Waals surface area (Å²) in [7, 11) is 0. The quantitative estimate of drug-likeness (QED) is 0.557. The van der Waals surface area contributed by atoms with E-state index >= 15 is 0 Å². The van der Waals surface area contributed by atoms with Gasteiger partial charge in [-0.1, -0.05) is 0 Å². The van der Waals surface area contributed by atoms with Gasteiger partial charge < -0.3 is 10.2 Å². The summed E-state index contributed by atoms with van der Waals surface area (Å²) >= 11 is 1.28. The van der Waals surface area contributed by atoms with E-state index in [4.69, 9.17) is 10.2 Å².